The summed E-state index contributed by atoms with van der Waals surface area (Å²) in [6, 6.07) is 8.22. The maximum Gasteiger partial charge on any atom is 0.0825 e. The molecule has 3 aromatic rings. The Morgan fingerprint density at radius 1 is 1.32 bits per heavy atom. The molecule has 0 saturated carbocycles. The molecule has 3 rings (SSSR count). The van der Waals surface area contributed by atoms with Crippen LogP contribution in [-0.2, 0) is 6.54 Å². The first kappa shape index (κ1) is 12.5. The van der Waals surface area contributed by atoms with E-state index < -0.39 is 0 Å². The molecule has 5 heteroatoms. The summed E-state index contributed by atoms with van der Waals surface area (Å²) < 4.78 is 1.23. The quantitative estimate of drug-likeness (QED) is 0.745. The predicted molar refractivity (Wildman–Crippen MR) is 82.2 cm³/mol. The molecule has 1 aromatic carbocycles. The first-order valence-corrected chi connectivity index (χ1v) is 7.27. The van der Waals surface area contributed by atoms with Crippen LogP contribution in [-0.4, -0.2) is 10.2 Å². The lowest BCUT2D eigenvalue weighted by Gasteiger charge is -2.05. The van der Waals surface area contributed by atoms with E-state index in [1.54, 1.807) is 11.3 Å². The monoisotopic (exact) mass is 291 g/mol. The lowest BCUT2D eigenvalue weighted by atomic mass is 10.2. The molecule has 0 fully saturated rings. The Labute approximate surface area is 120 Å². The molecule has 0 radical (unpaired) electrons. The maximum absolute atomic E-state index is 6.42. The van der Waals surface area contributed by atoms with Crippen molar-refractivity contribution in [2.75, 3.05) is 5.32 Å². The number of halogens is 1. The van der Waals surface area contributed by atoms with Crippen molar-refractivity contribution in [1.82, 2.24) is 10.2 Å². The zero-order valence-corrected chi connectivity index (χ0v) is 12.3. The fourth-order valence-corrected chi connectivity index (χ4v) is 3.60. The van der Waals surface area contributed by atoms with Crippen molar-refractivity contribution in [3.63, 3.8) is 0 Å². The van der Waals surface area contributed by atoms with Gasteiger partial charge in [-0.05, 0) is 19.9 Å². The van der Waals surface area contributed by atoms with Gasteiger partial charge in [-0.15, -0.1) is 11.3 Å². The van der Waals surface area contributed by atoms with Crippen molar-refractivity contribution < 1.29 is 0 Å². The predicted octanol–water partition coefficient (Wildman–Crippen LogP) is 4.51. The molecule has 0 bridgehead atoms. The number of aromatic nitrogens is 2. The molecule has 0 spiro atoms. The minimum absolute atomic E-state index is 0.722. The number of thiophene rings is 1. The second kappa shape index (κ2) is 4.87. The SMILES string of the molecule is Cc1n[nH]c(C)c1NCc1sc2ccccc2c1Cl. The van der Waals surface area contributed by atoms with Gasteiger partial charge >= 0.3 is 0 Å². The topological polar surface area (TPSA) is 40.7 Å². The van der Waals surface area contributed by atoms with Crippen LogP contribution in [0.3, 0.4) is 0 Å². The Morgan fingerprint density at radius 3 is 2.79 bits per heavy atom. The van der Waals surface area contributed by atoms with Crippen LogP contribution in [0.25, 0.3) is 10.1 Å². The number of nitrogens with one attached hydrogen (secondary N) is 2. The average molecular weight is 292 g/mol. The third-order valence-corrected chi connectivity index (χ3v) is 4.87. The van der Waals surface area contributed by atoms with E-state index >= 15 is 0 Å². The molecule has 0 aliphatic rings. The van der Waals surface area contributed by atoms with E-state index in [0.717, 1.165) is 38.9 Å². The third kappa shape index (κ3) is 2.22. The Morgan fingerprint density at radius 2 is 2.11 bits per heavy atom. The summed E-state index contributed by atoms with van der Waals surface area (Å²) in [4.78, 5) is 1.16. The van der Waals surface area contributed by atoms with Gasteiger partial charge < -0.3 is 5.32 Å². The van der Waals surface area contributed by atoms with Crippen LogP contribution in [0.15, 0.2) is 24.3 Å². The molecule has 0 aliphatic carbocycles. The Bertz CT molecular complexity index is 710. The van der Waals surface area contributed by atoms with Gasteiger partial charge in [0.25, 0.3) is 0 Å². The van der Waals surface area contributed by atoms with E-state index in [4.69, 9.17) is 11.6 Å². The third-order valence-electron chi connectivity index (χ3n) is 3.16. The van der Waals surface area contributed by atoms with Crippen LogP contribution in [0.1, 0.15) is 16.3 Å². The fourth-order valence-electron chi connectivity index (χ4n) is 2.16. The van der Waals surface area contributed by atoms with Crippen molar-refractivity contribution in [3.8, 4) is 0 Å². The van der Waals surface area contributed by atoms with E-state index in [1.165, 1.54) is 4.70 Å². The van der Waals surface area contributed by atoms with E-state index in [-0.39, 0.29) is 0 Å². The molecule has 19 heavy (non-hydrogen) atoms. The number of H-pyrrole nitrogens is 1. The lowest BCUT2D eigenvalue weighted by Crippen LogP contribution is -1.99. The van der Waals surface area contributed by atoms with Crippen molar-refractivity contribution >= 4 is 38.7 Å². The van der Waals surface area contributed by atoms with Crippen LogP contribution in [0.4, 0.5) is 5.69 Å². The van der Waals surface area contributed by atoms with Crippen LogP contribution in [0.5, 0.6) is 0 Å². The number of hydrogen-bond acceptors (Lipinski definition) is 3. The Balaban J connectivity index is 1.88. The van der Waals surface area contributed by atoms with Gasteiger partial charge in [0.05, 0.1) is 28.6 Å². The molecule has 0 unspecified atom stereocenters. The van der Waals surface area contributed by atoms with Crippen LogP contribution in [0.2, 0.25) is 5.02 Å². The minimum Gasteiger partial charge on any atom is -0.377 e. The van der Waals surface area contributed by atoms with Gasteiger partial charge in [-0.3, -0.25) is 5.10 Å². The summed E-state index contributed by atoms with van der Waals surface area (Å²) in [6.45, 7) is 4.71. The average Bonchev–Trinajstić information content (AvgIpc) is 2.90. The van der Waals surface area contributed by atoms with E-state index in [2.05, 4.69) is 27.6 Å². The largest absolute Gasteiger partial charge is 0.377 e. The van der Waals surface area contributed by atoms with E-state index in [1.807, 2.05) is 26.0 Å². The van der Waals surface area contributed by atoms with Crippen molar-refractivity contribution in [2.24, 2.45) is 0 Å². The second-order valence-electron chi connectivity index (χ2n) is 4.50. The zero-order valence-electron chi connectivity index (χ0n) is 10.7. The van der Waals surface area contributed by atoms with Crippen molar-refractivity contribution in [1.29, 1.82) is 0 Å². The van der Waals surface area contributed by atoms with Gasteiger partial charge in [0.1, 0.15) is 0 Å². The molecule has 3 nitrogen and oxygen atoms in total. The molecule has 0 atom stereocenters. The van der Waals surface area contributed by atoms with Crippen molar-refractivity contribution in [2.45, 2.75) is 20.4 Å². The number of anilines is 1. The van der Waals surface area contributed by atoms with E-state index in [9.17, 15) is 0 Å². The summed E-state index contributed by atoms with van der Waals surface area (Å²) in [5.74, 6) is 0. The molecule has 2 aromatic heterocycles. The van der Waals surface area contributed by atoms with Gasteiger partial charge in [0.2, 0.25) is 0 Å². The number of aromatic amines is 1. The molecule has 0 amide bonds. The lowest BCUT2D eigenvalue weighted by molar-refractivity contribution is 1.02. The molecule has 0 aliphatic heterocycles. The number of rotatable bonds is 3. The number of aryl methyl sites for hydroxylation is 2. The number of nitrogens with zero attached hydrogens (tertiary/aromatic N) is 1. The van der Waals surface area contributed by atoms with Gasteiger partial charge in [-0.2, -0.15) is 5.10 Å². The second-order valence-corrected chi connectivity index (χ2v) is 6.01. The molecule has 98 valence electrons. The smallest absolute Gasteiger partial charge is 0.0825 e. The van der Waals surface area contributed by atoms with Gasteiger partial charge in [0.15, 0.2) is 0 Å². The summed E-state index contributed by atoms with van der Waals surface area (Å²) >= 11 is 8.16. The molecule has 2 N–H and O–H groups in total. The summed E-state index contributed by atoms with van der Waals surface area (Å²) in [5, 5.41) is 12.5. The van der Waals surface area contributed by atoms with Gasteiger partial charge in [0, 0.05) is 15.0 Å². The number of fused-ring (bicyclic) bond motifs is 1. The van der Waals surface area contributed by atoms with Crippen LogP contribution < -0.4 is 5.32 Å². The highest BCUT2D eigenvalue weighted by Crippen LogP contribution is 2.35. The molecule has 0 saturated heterocycles. The first-order valence-electron chi connectivity index (χ1n) is 6.08. The molecule has 2 heterocycles. The van der Waals surface area contributed by atoms with Crippen molar-refractivity contribution in [3.05, 3.63) is 45.6 Å². The molecular weight excluding hydrogens is 278 g/mol. The summed E-state index contributed by atoms with van der Waals surface area (Å²) in [7, 11) is 0. The minimum atomic E-state index is 0.722. The Kier molecular flexibility index (Phi) is 3.21. The highest BCUT2D eigenvalue weighted by molar-refractivity contribution is 7.19. The van der Waals surface area contributed by atoms with Gasteiger partial charge in [-0.1, -0.05) is 29.8 Å². The Hall–Kier alpha value is -1.52. The van der Waals surface area contributed by atoms with Crippen LogP contribution >= 0.6 is 22.9 Å². The highest BCUT2D eigenvalue weighted by Gasteiger charge is 2.11. The van der Waals surface area contributed by atoms with Gasteiger partial charge in [-0.25, -0.2) is 0 Å². The standard InChI is InChI=1S/C14H14ClN3S/c1-8-14(9(2)18-17-8)16-7-12-13(15)10-5-3-4-6-11(10)19-12/h3-6,16H,7H2,1-2H3,(H,17,18). The molecular formula is C14H14ClN3S. The highest BCUT2D eigenvalue weighted by atomic mass is 35.5. The fraction of sp³-hybridized carbons (Fsp3) is 0.214. The zero-order chi connectivity index (χ0) is 13.4. The maximum atomic E-state index is 6.42. The summed E-state index contributed by atoms with van der Waals surface area (Å²) in [6.07, 6.45) is 0. The van der Waals surface area contributed by atoms with Crippen LogP contribution in [0, 0.1) is 13.8 Å². The first-order chi connectivity index (χ1) is 9.16. The normalized spacial score (nSPS) is 11.1. The number of benzene rings is 1. The van der Waals surface area contributed by atoms with E-state index in [0.29, 0.717) is 0 Å². The summed E-state index contributed by atoms with van der Waals surface area (Å²) in [5.41, 5.74) is 3.10. The number of hydrogen-bond donors (Lipinski definition) is 2.